The summed E-state index contributed by atoms with van der Waals surface area (Å²) in [6.07, 6.45) is 0. The number of rotatable bonds is 2. The van der Waals surface area contributed by atoms with Crippen LogP contribution < -0.4 is 16.4 Å². The molecule has 0 atom stereocenters. The minimum atomic E-state index is -0.568. The molecule has 0 spiro atoms. The first-order chi connectivity index (χ1) is 9.56. The molecule has 5 nitrogen and oxygen atoms in total. The zero-order valence-electron chi connectivity index (χ0n) is 11.0. The molecule has 3 amide bonds. The number of amides is 3. The van der Waals surface area contributed by atoms with Crippen molar-refractivity contribution in [3.8, 4) is 0 Å². The number of para-hydroxylation sites is 1. The van der Waals surface area contributed by atoms with Gasteiger partial charge >= 0.3 is 6.03 Å². The molecule has 20 heavy (non-hydrogen) atoms. The summed E-state index contributed by atoms with van der Waals surface area (Å²) in [5, 5.41) is 4.89. The maximum atomic E-state index is 11.8. The third-order valence-corrected chi connectivity index (χ3v) is 2.79. The second kappa shape index (κ2) is 5.88. The van der Waals surface area contributed by atoms with Crippen LogP contribution in [0.2, 0.25) is 0 Å². The Morgan fingerprint density at radius 3 is 2.30 bits per heavy atom. The van der Waals surface area contributed by atoms with Crippen molar-refractivity contribution < 1.29 is 9.59 Å². The zero-order chi connectivity index (χ0) is 14.5. The molecule has 0 bridgehead atoms. The number of imide groups is 1. The van der Waals surface area contributed by atoms with Crippen molar-refractivity contribution in [1.29, 1.82) is 0 Å². The van der Waals surface area contributed by atoms with Crippen LogP contribution in [0, 0.1) is 6.92 Å². The van der Waals surface area contributed by atoms with Gasteiger partial charge in [0.25, 0.3) is 5.91 Å². The van der Waals surface area contributed by atoms with Gasteiger partial charge in [-0.15, -0.1) is 0 Å². The van der Waals surface area contributed by atoms with Crippen molar-refractivity contribution >= 4 is 23.3 Å². The topological polar surface area (TPSA) is 84.2 Å². The van der Waals surface area contributed by atoms with Gasteiger partial charge in [-0.25, -0.2) is 4.79 Å². The van der Waals surface area contributed by atoms with E-state index < -0.39 is 11.9 Å². The molecule has 102 valence electrons. The van der Waals surface area contributed by atoms with E-state index in [0.717, 1.165) is 5.56 Å². The predicted molar refractivity (Wildman–Crippen MR) is 78.5 cm³/mol. The van der Waals surface area contributed by atoms with Crippen LogP contribution in [0.1, 0.15) is 15.9 Å². The number of hydrogen-bond acceptors (Lipinski definition) is 3. The van der Waals surface area contributed by atoms with Crippen molar-refractivity contribution in [3.05, 3.63) is 59.7 Å². The number of benzene rings is 2. The van der Waals surface area contributed by atoms with Crippen LogP contribution in [-0.2, 0) is 0 Å². The van der Waals surface area contributed by atoms with E-state index in [2.05, 4.69) is 10.6 Å². The molecule has 2 aromatic carbocycles. The Labute approximate surface area is 116 Å². The summed E-state index contributed by atoms with van der Waals surface area (Å²) in [4.78, 5) is 23.6. The number of aryl methyl sites for hydroxylation is 1. The lowest BCUT2D eigenvalue weighted by Crippen LogP contribution is -2.34. The Morgan fingerprint density at radius 2 is 1.65 bits per heavy atom. The normalized spacial score (nSPS) is 9.85. The van der Waals surface area contributed by atoms with E-state index in [9.17, 15) is 9.59 Å². The van der Waals surface area contributed by atoms with Gasteiger partial charge in [-0.2, -0.15) is 0 Å². The van der Waals surface area contributed by atoms with Gasteiger partial charge in [0.1, 0.15) is 0 Å². The van der Waals surface area contributed by atoms with Crippen molar-refractivity contribution in [3.63, 3.8) is 0 Å². The van der Waals surface area contributed by atoms with Crippen LogP contribution in [0.25, 0.3) is 0 Å². The molecule has 0 aliphatic heterocycles. The summed E-state index contributed by atoms with van der Waals surface area (Å²) in [5.74, 6) is -0.476. The Hall–Kier alpha value is -2.82. The SMILES string of the molecule is Cc1ccccc1NC(=O)NC(=O)c1ccc(N)cc1. The highest BCUT2D eigenvalue weighted by atomic mass is 16.2. The average molecular weight is 269 g/mol. The fourth-order valence-corrected chi connectivity index (χ4v) is 1.68. The monoisotopic (exact) mass is 269 g/mol. The first-order valence-electron chi connectivity index (χ1n) is 6.10. The van der Waals surface area contributed by atoms with Gasteiger partial charge in [-0.05, 0) is 42.8 Å². The molecule has 4 N–H and O–H groups in total. The van der Waals surface area contributed by atoms with Crippen molar-refractivity contribution in [1.82, 2.24) is 5.32 Å². The lowest BCUT2D eigenvalue weighted by atomic mass is 10.2. The maximum absolute atomic E-state index is 11.8. The molecule has 0 aliphatic carbocycles. The summed E-state index contributed by atoms with van der Waals surface area (Å²) in [6.45, 7) is 1.87. The lowest BCUT2D eigenvalue weighted by molar-refractivity contribution is 0.0967. The van der Waals surface area contributed by atoms with E-state index in [1.54, 1.807) is 30.3 Å². The molecule has 0 saturated carbocycles. The molecule has 0 radical (unpaired) electrons. The molecule has 0 unspecified atom stereocenters. The van der Waals surface area contributed by atoms with E-state index in [0.29, 0.717) is 16.9 Å². The highest BCUT2D eigenvalue weighted by Crippen LogP contribution is 2.12. The number of carbonyl (C=O) groups excluding carboxylic acids is 2. The van der Waals surface area contributed by atoms with Crippen LogP contribution in [0.3, 0.4) is 0 Å². The first kappa shape index (κ1) is 13.6. The van der Waals surface area contributed by atoms with Crippen LogP contribution in [-0.4, -0.2) is 11.9 Å². The molecule has 0 saturated heterocycles. The first-order valence-corrected chi connectivity index (χ1v) is 6.10. The lowest BCUT2D eigenvalue weighted by Gasteiger charge is -2.09. The van der Waals surface area contributed by atoms with Gasteiger partial charge < -0.3 is 11.1 Å². The van der Waals surface area contributed by atoms with Crippen LogP contribution in [0.15, 0.2) is 48.5 Å². The Morgan fingerprint density at radius 1 is 1.00 bits per heavy atom. The summed E-state index contributed by atoms with van der Waals surface area (Å²) in [7, 11) is 0. The Kier molecular flexibility index (Phi) is 4.00. The van der Waals surface area contributed by atoms with E-state index in [1.807, 2.05) is 25.1 Å². The highest BCUT2D eigenvalue weighted by molar-refractivity contribution is 6.08. The summed E-state index contributed by atoms with van der Waals surface area (Å²) >= 11 is 0. The van der Waals surface area contributed by atoms with Crippen LogP contribution in [0.5, 0.6) is 0 Å². The third-order valence-electron chi connectivity index (χ3n) is 2.79. The molecule has 2 aromatic rings. The smallest absolute Gasteiger partial charge is 0.326 e. The number of nitrogens with one attached hydrogen (secondary N) is 2. The molecular formula is C15H15N3O2. The molecule has 0 aliphatic rings. The number of nitrogen functional groups attached to an aromatic ring is 1. The standard InChI is InChI=1S/C15H15N3O2/c1-10-4-2-3-5-13(10)17-15(20)18-14(19)11-6-8-12(16)9-7-11/h2-9H,16H2,1H3,(H2,17,18,19,20). The van der Waals surface area contributed by atoms with Gasteiger partial charge in [0, 0.05) is 16.9 Å². The molecule has 0 fully saturated rings. The fourth-order valence-electron chi connectivity index (χ4n) is 1.68. The number of nitrogens with two attached hydrogens (primary N) is 1. The largest absolute Gasteiger partial charge is 0.399 e. The predicted octanol–water partition coefficient (Wildman–Crippen LogP) is 2.54. The van der Waals surface area contributed by atoms with Crippen LogP contribution in [0.4, 0.5) is 16.2 Å². The second-order valence-corrected chi connectivity index (χ2v) is 4.35. The van der Waals surface area contributed by atoms with Gasteiger partial charge in [0.15, 0.2) is 0 Å². The van der Waals surface area contributed by atoms with E-state index in [4.69, 9.17) is 5.73 Å². The molecule has 2 rings (SSSR count). The summed E-state index contributed by atoms with van der Waals surface area (Å²) in [5.41, 5.74) is 8.05. The molecule has 5 heteroatoms. The van der Waals surface area contributed by atoms with Gasteiger partial charge in [0.05, 0.1) is 0 Å². The number of hydrogen-bond donors (Lipinski definition) is 3. The summed E-state index contributed by atoms with van der Waals surface area (Å²) < 4.78 is 0. The number of anilines is 2. The maximum Gasteiger partial charge on any atom is 0.326 e. The number of urea groups is 1. The van der Waals surface area contributed by atoms with E-state index in [-0.39, 0.29) is 0 Å². The van der Waals surface area contributed by atoms with Gasteiger partial charge in [-0.1, -0.05) is 18.2 Å². The van der Waals surface area contributed by atoms with E-state index >= 15 is 0 Å². The molecule has 0 heterocycles. The minimum absolute atomic E-state index is 0.374. The van der Waals surface area contributed by atoms with Crippen molar-refractivity contribution in [2.75, 3.05) is 11.1 Å². The average Bonchev–Trinajstić information content (AvgIpc) is 2.42. The van der Waals surface area contributed by atoms with E-state index in [1.165, 1.54) is 0 Å². The van der Waals surface area contributed by atoms with Crippen molar-refractivity contribution in [2.24, 2.45) is 0 Å². The second-order valence-electron chi connectivity index (χ2n) is 4.35. The zero-order valence-corrected chi connectivity index (χ0v) is 11.0. The van der Waals surface area contributed by atoms with Crippen molar-refractivity contribution in [2.45, 2.75) is 6.92 Å². The summed E-state index contributed by atoms with van der Waals surface area (Å²) in [6, 6.07) is 13.1. The number of carbonyl (C=O) groups is 2. The molecular weight excluding hydrogens is 254 g/mol. The van der Waals surface area contributed by atoms with Gasteiger partial charge in [-0.3, -0.25) is 10.1 Å². The quantitative estimate of drug-likeness (QED) is 0.732. The fraction of sp³-hybridized carbons (Fsp3) is 0.0667. The highest BCUT2D eigenvalue weighted by Gasteiger charge is 2.10. The Balaban J connectivity index is 2.00. The minimum Gasteiger partial charge on any atom is -0.399 e. The Bertz CT molecular complexity index is 636. The third kappa shape index (κ3) is 3.35. The molecule has 0 aromatic heterocycles. The van der Waals surface area contributed by atoms with Crippen LogP contribution >= 0.6 is 0 Å². The van der Waals surface area contributed by atoms with Gasteiger partial charge in [0.2, 0.25) is 0 Å².